The number of Topliss-reactive ketones (excluding diaryl/α,β-unsaturated/α-hetero) is 1. The normalized spacial score (nSPS) is 21.9. The molecule has 2 radical (unpaired) electrons. The lowest BCUT2D eigenvalue weighted by atomic mass is 9.75. The Kier molecular flexibility index (Phi) is 23.4. The lowest BCUT2D eigenvalue weighted by molar-refractivity contribution is -0.716. The topological polar surface area (TPSA) is 211 Å². The summed E-state index contributed by atoms with van der Waals surface area (Å²) in [4.78, 5) is 40.9. The van der Waals surface area contributed by atoms with E-state index in [1.807, 2.05) is 41.5 Å². The van der Waals surface area contributed by atoms with E-state index in [-0.39, 0.29) is 42.3 Å². The summed E-state index contributed by atoms with van der Waals surface area (Å²) in [5, 5.41) is 10.8. The Hall–Kier alpha value is -5.16. The summed E-state index contributed by atoms with van der Waals surface area (Å²) in [7, 11) is 0.475. The minimum absolute atomic E-state index is 0.00733. The van der Waals surface area contributed by atoms with Crippen molar-refractivity contribution >= 4 is 52.4 Å². The minimum Gasteiger partial charge on any atom is -0.487 e. The van der Waals surface area contributed by atoms with Crippen LogP contribution in [0.4, 0.5) is 0 Å². The molecule has 0 amide bonds. The van der Waals surface area contributed by atoms with Crippen LogP contribution >= 0.6 is 0 Å². The maximum absolute atomic E-state index is 12.9. The lowest BCUT2D eigenvalue weighted by Crippen LogP contribution is -2.55. The van der Waals surface area contributed by atoms with Crippen LogP contribution in [0.25, 0.3) is 0 Å². The van der Waals surface area contributed by atoms with Crippen LogP contribution in [0.1, 0.15) is 163 Å². The van der Waals surface area contributed by atoms with Gasteiger partial charge in [0.15, 0.2) is 31.1 Å². The molecule has 6 aliphatic heterocycles. The van der Waals surface area contributed by atoms with Crippen molar-refractivity contribution in [3.05, 3.63) is 130 Å². The Morgan fingerprint density at radius 1 is 0.678 bits per heavy atom. The van der Waals surface area contributed by atoms with E-state index in [0.29, 0.717) is 103 Å². The third-order valence-corrected chi connectivity index (χ3v) is 19.4. The molecule has 4 aromatic rings. The van der Waals surface area contributed by atoms with Gasteiger partial charge in [-0.15, -0.1) is 0 Å². The van der Waals surface area contributed by atoms with Gasteiger partial charge in [-0.3, -0.25) is 14.4 Å². The Bertz CT molecular complexity index is 3250. The first-order valence-corrected chi connectivity index (χ1v) is 36.2. The highest BCUT2D eigenvalue weighted by atomic mass is 32.2. The number of fused-ring (bicyclic) bond motifs is 3. The molecule has 490 valence electrons. The number of esters is 2. The molecule has 0 aliphatic carbocycles. The zero-order valence-electron chi connectivity index (χ0n) is 54.5. The number of quaternary nitrogens is 1. The van der Waals surface area contributed by atoms with E-state index in [9.17, 15) is 36.3 Å². The molecule has 2 spiro atoms. The van der Waals surface area contributed by atoms with Gasteiger partial charge < -0.3 is 52.3 Å². The van der Waals surface area contributed by atoms with Gasteiger partial charge in [0.1, 0.15) is 33.9 Å². The van der Waals surface area contributed by atoms with Crippen molar-refractivity contribution < 1.29 is 73.7 Å². The molecule has 1 N–H and O–H groups in total. The monoisotopic (exact) mass is 1280 g/mol. The number of hydrogen-bond acceptors (Lipinski definition) is 17. The fourth-order valence-electron chi connectivity index (χ4n) is 13.4. The van der Waals surface area contributed by atoms with Gasteiger partial charge >= 0.3 is 27.0 Å². The number of carbonyl (C=O) groups is 3. The molecule has 18 nitrogen and oxygen atoms in total. The number of ketones is 1. The van der Waals surface area contributed by atoms with Crippen molar-refractivity contribution in [3.63, 3.8) is 0 Å². The quantitative estimate of drug-likeness (QED) is 0.0496. The zero-order chi connectivity index (χ0) is 65.2. The smallest absolute Gasteiger partial charge is 0.487 e. The molecule has 10 rings (SSSR count). The van der Waals surface area contributed by atoms with Gasteiger partial charge in [-0.05, 0) is 120 Å². The highest BCUT2D eigenvalue weighted by Crippen LogP contribution is 2.52. The summed E-state index contributed by atoms with van der Waals surface area (Å²) >= 11 is 0. The fourth-order valence-corrected chi connectivity index (χ4v) is 15.0. The molecule has 6 heterocycles. The first-order chi connectivity index (χ1) is 42.4. The molecular formula is C68H96B2N3O15S2+. The van der Waals surface area contributed by atoms with E-state index in [1.54, 1.807) is 36.4 Å². The number of hydrogen-bond donors (Lipinski definition) is 1. The van der Waals surface area contributed by atoms with Crippen molar-refractivity contribution in [1.29, 1.82) is 0 Å². The van der Waals surface area contributed by atoms with Gasteiger partial charge in [0.25, 0.3) is 0 Å². The van der Waals surface area contributed by atoms with E-state index in [0.717, 1.165) is 84.3 Å². The van der Waals surface area contributed by atoms with Crippen molar-refractivity contribution in [1.82, 2.24) is 9.80 Å². The molecule has 0 aromatic heterocycles. The molecule has 4 saturated heterocycles. The van der Waals surface area contributed by atoms with Crippen molar-refractivity contribution in [2.24, 2.45) is 0 Å². The Morgan fingerprint density at radius 2 is 1.14 bits per heavy atom. The van der Waals surface area contributed by atoms with Crippen LogP contribution in [0, 0.1) is 0 Å². The van der Waals surface area contributed by atoms with Gasteiger partial charge in [-0.2, -0.15) is 0 Å². The van der Waals surface area contributed by atoms with Crippen molar-refractivity contribution in [2.75, 3.05) is 84.8 Å². The van der Waals surface area contributed by atoms with E-state index in [4.69, 9.17) is 41.1 Å². The summed E-state index contributed by atoms with van der Waals surface area (Å²) in [6.45, 7) is 21.5. The Morgan fingerprint density at radius 3 is 1.63 bits per heavy atom. The summed E-state index contributed by atoms with van der Waals surface area (Å²) in [6, 6.07) is 31.9. The number of nitrogens with zero attached hydrogens (tertiary/aromatic N) is 3. The second-order valence-corrected chi connectivity index (χ2v) is 31.9. The van der Waals surface area contributed by atoms with Crippen LogP contribution in [-0.2, 0) is 70.0 Å². The van der Waals surface area contributed by atoms with Crippen LogP contribution in [0.3, 0.4) is 0 Å². The van der Waals surface area contributed by atoms with Crippen LogP contribution in [0.2, 0.25) is 6.82 Å². The Labute approximate surface area is 537 Å². The largest absolute Gasteiger partial charge is 0.550 e. The average molecular weight is 1280 g/mol. The third-order valence-electron chi connectivity index (χ3n) is 17.7. The van der Waals surface area contributed by atoms with Gasteiger partial charge in [0.2, 0.25) is 0 Å². The molecule has 4 fully saturated rings. The first-order valence-electron chi connectivity index (χ1n) is 32.1. The van der Waals surface area contributed by atoms with Gasteiger partial charge in [-0.1, -0.05) is 72.8 Å². The van der Waals surface area contributed by atoms with Gasteiger partial charge in [-0.25, -0.2) is 16.8 Å². The van der Waals surface area contributed by atoms with Gasteiger partial charge in [0.05, 0.1) is 48.8 Å². The van der Waals surface area contributed by atoms with E-state index >= 15 is 0 Å². The van der Waals surface area contributed by atoms with Crippen LogP contribution in [0.5, 0.6) is 11.5 Å². The summed E-state index contributed by atoms with van der Waals surface area (Å²) in [5.74, 6) is 0.687. The summed E-state index contributed by atoms with van der Waals surface area (Å²) in [5.41, 5.74) is 2.62. The lowest BCUT2D eigenvalue weighted by Gasteiger charge is -2.46. The number of sulfone groups is 2. The number of benzene rings is 4. The summed E-state index contributed by atoms with van der Waals surface area (Å²) in [6.07, 6.45) is 9.95. The maximum Gasteiger partial charge on any atom is 0.550 e. The number of aliphatic hydroxyl groups excluding tert-OH is 1. The number of rotatable bonds is 20. The summed E-state index contributed by atoms with van der Waals surface area (Å²) < 4.78 is 88.1. The van der Waals surface area contributed by atoms with E-state index < -0.39 is 53.8 Å². The molecule has 0 saturated carbocycles. The molecule has 90 heavy (non-hydrogen) atoms. The number of likely N-dealkylation sites (tertiary alicyclic amines) is 2. The third kappa shape index (κ3) is 19.5. The molecule has 3 atom stereocenters. The van der Waals surface area contributed by atoms with Crippen LogP contribution < -0.4 is 9.47 Å². The number of aliphatic hydroxyl groups is 1. The maximum atomic E-state index is 12.9. The fraction of sp³-hybridized carbons (Fsp3) is 0.603. The van der Waals surface area contributed by atoms with E-state index in [2.05, 4.69) is 77.3 Å². The molecule has 0 bridgehead atoms. The second kappa shape index (κ2) is 29.8. The molecule has 22 heteroatoms. The van der Waals surface area contributed by atoms with E-state index in [1.165, 1.54) is 23.6 Å². The van der Waals surface area contributed by atoms with Crippen LogP contribution in [-0.4, -0.2) is 182 Å². The predicted octanol–water partition coefficient (Wildman–Crippen LogP) is 9.33. The molecular weight excluding hydrogens is 1180 g/mol. The molecule has 4 aromatic carbocycles. The van der Waals surface area contributed by atoms with Gasteiger partial charge in [0, 0.05) is 122 Å². The first kappa shape index (κ1) is 70.7. The molecule has 0 unspecified atom stereocenters. The SMILES string of the molecule is CC(C)(C)OC(=O)CCCOCCN1CCC2(CC1)CC(=O)c1cc(CS(C)(=O)=O)ccc1O2.CC(C)(C)OC(=O)CCCOCCN1CCC2(CC1)C[C@@H](O)c1cc(CS(C)(=O)=O)ccc1O2.[B][N@+]12CCC[C@H]1C(c1ccccc1)(c1ccccc1)OB2C. The van der Waals surface area contributed by atoms with Crippen molar-refractivity contribution in [2.45, 2.75) is 177 Å². The standard InChI is InChI=1S/C25H39NO7S.C25H37NO7S.C18H20B2NO/c2*1-24(2,3)33-23(28)6-5-14-31-15-13-26-11-9-25(10-12-26)17-21(27)20-16-19(18-34(4,29)30)7-8-22(20)32-25;1-20-21(19)14-8-13-17(21)18(22-20,15-9-4-2-5-10-15)16-11-6-3-7-12-16/h7-8,16,21,27H,5-6,9-15,17-18H2,1-4H3;7-8,16H,5-6,9-15,17-18H2,1-4H3;2-7,9-12,17H,8,13-14H2,1H3/q;;+1/t21-;;17-,21-/m1.0/s1. The second-order valence-electron chi connectivity index (χ2n) is 27.6. The number of ether oxygens (including phenoxy) is 6. The molecule has 6 aliphatic rings. The average Bonchev–Trinajstić information content (AvgIpc) is 1.54. The number of carbonyl (C=O) groups excluding carboxylic acids is 3. The highest BCUT2D eigenvalue weighted by Gasteiger charge is 2.66. The highest BCUT2D eigenvalue weighted by molar-refractivity contribution is 7.90. The zero-order valence-corrected chi connectivity index (χ0v) is 56.2. The minimum atomic E-state index is -3.17. The Balaban J connectivity index is 0.000000178. The number of piperidine rings is 2. The predicted molar refractivity (Wildman–Crippen MR) is 349 cm³/mol. The van der Waals surface area contributed by atoms with Crippen molar-refractivity contribution in [3.8, 4) is 11.5 Å². The van der Waals surface area contributed by atoms with Crippen LogP contribution in [0.15, 0.2) is 97.1 Å².